The first-order valence-corrected chi connectivity index (χ1v) is 4.98. The van der Waals surface area contributed by atoms with Crippen LogP contribution in [0, 0.1) is 5.41 Å². The maximum Gasteiger partial charge on any atom is 0.0169 e. The minimum absolute atomic E-state index is 0.668. The Labute approximate surface area is 75.8 Å². The molecule has 0 spiro atoms. The summed E-state index contributed by atoms with van der Waals surface area (Å²) in [6, 6.07) is 0. The van der Waals surface area contributed by atoms with Crippen LogP contribution in [0.5, 0.6) is 0 Å². The average molecular weight is 252 g/mol. The van der Waals surface area contributed by atoms with Crippen molar-refractivity contribution in [2.75, 3.05) is 26.2 Å². The molecule has 3 heteroatoms. The Morgan fingerprint density at radius 1 is 1.40 bits per heavy atom. The Kier molecular flexibility index (Phi) is 1.90. The maximum atomic E-state index is 3.27. The lowest BCUT2D eigenvalue weighted by Crippen LogP contribution is -2.28. The molecule has 0 aromatic heterocycles. The number of rotatable bonds is 2. The fourth-order valence-corrected chi connectivity index (χ4v) is 3.00. The van der Waals surface area contributed by atoms with Crippen molar-refractivity contribution in [1.82, 2.24) is 8.43 Å². The highest BCUT2D eigenvalue weighted by Crippen LogP contribution is 2.39. The Balaban J connectivity index is 2.01. The van der Waals surface area contributed by atoms with Crippen LogP contribution >= 0.6 is 22.9 Å². The summed E-state index contributed by atoms with van der Waals surface area (Å²) < 4.78 is 3.27. The van der Waals surface area contributed by atoms with E-state index in [9.17, 15) is 0 Å². The highest BCUT2D eigenvalue weighted by molar-refractivity contribution is 14.1. The van der Waals surface area contributed by atoms with Crippen molar-refractivity contribution >= 4 is 22.9 Å². The van der Waals surface area contributed by atoms with Gasteiger partial charge in [-0.1, -0.05) is 0 Å². The molecule has 0 saturated carbocycles. The zero-order chi connectivity index (χ0) is 7.03. The van der Waals surface area contributed by atoms with Gasteiger partial charge in [-0.15, -0.1) is 0 Å². The number of nitrogens with zero attached hydrogens (tertiary/aromatic N) is 1. The van der Waals surface area contributed by atoms with Crippen molar-refractivity contribution in [1.29, 1.82) is 0 Å². The highest BCUT2D eigenvalue weighted by atomic mass is 127. The molecular formula is C7H13IN2. The van der Waals surface area contributed by atoms with Crippen LogP contribution in [0.4, 0.5) is 0 Å². The standard InChI is InChI=1S/C7H13IN2/c8-9-5-7-1-3-10(6-7)4-2-7/h9H,1-6H2. The second-order valence-electron chi connectivity index (χ2n) is 3.59. The van der Waals surface area contributed by atoms with E-state index in [1.807, 2.05) is 0 Å². The molecule has 2 aliphatic rings. The van der Waals surface area contributed by atoms with Gasteiger partial charge in [-0.25, -0.2) is 0 Å². The smallest absolute Gasteiger partial charge is 0.0169 e. The van der Waals surface area contributed by atoms with Crippen LogP contribution in [0.2, 0.25) is 0 Å². The van der Waals surface area contributed by atoms with E-state index in [1.165, 1.54) is 39.0 Å². The summed E-state index contributed by atoms with van der Waals surface area (Å²) in [5.41, 5.74) is 0.668. The van der Waals surface area contributed by atoms with E-state index in [0.29, 0.717) is 5.41 Å². The van der Waals surface area contributed by atoms with Gasteiger partial charge in [-0.05, 0) is 31.3 Å². The van der Waals surface area contributed by atoms with Crippen molar-refractivity contribution in [2.24, 2.45) is 5.41 Å². The van der Waals surface area contributed by atoms with Crippen molar-refractivity contribution in [2.45, 2.75) is 12.8 Å². The summed E-state index contributed by atoms with van der Waals surface area (Å²) in [4.78, 5) is 2.58. The van der Waals surface area contributed by atoms with Crippen molar-refractivity contribution in [3.8, 4) is 0 Å². The van der Waals surface area contributed by atoms with Gasteiger partial charge in [0.2, 0.25) is 0 Å². The largest absolute Gasteiger partial charge is 0.303 e. The van der Waals surface area contributed by atoms with Gasteiger partial charge in [0.25, 0.3) is 0 Å². The molecule has 0 atom stereocenters. The molecule has 10 heavy (non-hydrogen) atoms. The zero-order valence-corrected chi connectivity index (χ0v) is 8.23. The number of halogens is 1. The molecule has 58 valence electrons. The van der Waals surface area contributed by atoms with Crippen LogP contribution in [-0.2, 0) is 0 Å². The summed E-state index contributed by atoms with van der Waals surface area (Å²) in [6.45, 7) is 5.25. The van der Waals surface area contributed by atoms with Gasteiger partial charge in [0, 0.05) is 36.0 Å². The number of hydrogen-bond acceptors (Lipinski definition) is 2. The lowest BCUT2D eigenvalue weighted by Gasteiger charge is -2.23. The van der Waals surface area contributed by atoms with Gasteiger partial charge >= 0.3 is 0 Å². The molecule has 2 nitrogen and oxygen atoms in total. The second kappa shape index (κ2) is 2.60. The van der Waals surface area contributed by atoms with E-state index in [4.69, 9.17) is 0 Å². The molecular weight excluding hydrogens is 239 g/mol. The summed E-state index contributed by atoms with van der Waals surface area (Å²) in [5, 5.41) is 0. The third-order valence-electron chi connectivity index (χ3n) is 2.92. The van der Waals surface area contributed by atoms with Crippen LogP contribution in [0.15, 0.2) is 0 Å². The van der Waals surface area contributed by atoms with Crippen LogP contribution in [-0.4, -0.2) is 31.1 Å². The fourth-order valence-electron chi connectivity index (χ4n) is 2.19. The van der Waals surface area contributed by atoms with Crippen LogP contribution in [0.1, 0.15) is 12.8 Å². The molecule has 0 unspecified atom stereocenters. The van der Waals surface area contributed by atoms with Gasteiger partial charge in [-0.3, -0.25) is 3.53 Å². The lowest BCUT2D eigenvalue weighted by molar-refractivity contribution is 0.324. The number of nitrogens with one attached hydrogen (secondary N) is 1. The van der Waals surface area contributed by atoms with Gasteiger partial charge in [-0.2, -0.15) is 0 Å². The fraction of sp³-hybridized carbons (Fsp3) is 1.00. The highest BCUT2D eigenvalue weighted by Gasteiger charge is 2.42. The minimum Gasteiger partial charge on any atom is -0.303 e. The Bertz CT molecular complexity index is 130. The van der Waals surface area contributed by atoms with Crippen LogP contribution in [0.25, 0.3) is 0 Å². The Morgan fingerprint density at radius 2 is 2.10 bits per heavy atom. The van der Waals surface area contributed by atoms with E-state index in [-0.39, 0.29) is 0 Å². The third kappa shape index (κ3) is 1.08. The molecule has 2 saturated heterocycles. The first kappa shape index (κ1) is 7.31. The SMILES string of the molecule is INCC12CCN(CC1)C2. The van der Waals surface area contributed by atoms with Crippen LogP contribution < -0.4 is 3.53 Å². The summed E-state index contributed by atoms with van der Waals surface area (Å²) >= 11 is 2.26. The first-order valence-electron chi connectivity index (χ1n) is 3.91. The van der Waals surface area contributed by atoms with E-state index in [2.05, 4.69) is 31.3 Å². The third-order valence-corrected chi connectivity index (χ3v) is 3.30. The van der Waals surface area contributed by atoms with E-state index in [0.717, 1.165) is 0 Å². The van der Waals surface area contributed by atoms with Crippen molar-refractivity contribution in [3.63, 3.8) is 0 Å². The quantitative estimate of drug-likeness (QED) is 0.583. The van der Waals surface area contributed by atoms with E-state index in [1.54, 1.807) is 0 Å². The molecule has 2 rings (SSSR count). The maximum absolute atomic E-state index is 3.27. The molecule has 1 N–H and O–H groups in total. The first-order chi connectivity index (χ1) is 4.85. The predicted octanol–water partition coefficient (Wildman–Crippen LogP) is 1.02. The molecule has 2 fully saturated rings. The van der Waals surface area contributed by atoms with Crippen LogP contribution in [0.3, 0.4) is 0 Å². The number of piperidine rings is 1. The lowest BCUT2D eigenvalue weighted by atomic mass is 9.85. The molecule has 0 aromatic carbocycles. The molecule has 2 heterocycles. The normalized spacial score (nSPS) is 44.7. The number of hydrogen-bond donors (Lipinski definition) is 1. The summed E-state index contributed by atoms with van der Waals surface area (Å²) in [5.74, 6) is 0. The minimum atomic E-state index is 0.668. The molecule has 2 bridgehead atoms. The van der Waals surface area contributed by atoms with Gasteiger partial charge in [0.1, 0.15) is 0 Å². The van der Waals surface area contributed by atoms with Gasteiger partial charge < -0.3 is 4.90 Å². The predicted molar refractivity (Wildman–Crippen MR) is 50.1 cm³/mol. The molecule has 0 aliphatic carbocycles. The number of fused-ring (bicyclic) bond motifs is 2. The van der Waals surface area contributed by atoms with E-state index >= 15 is 0 Å². The molecule has 2 aliphatic heterocycles. The van der Waals surface area contributed by atoms with Crippen molar-refractivity contribution in [3.05, 3.63) is 0 Å². The zero-order valence-electron chi connectivity index (χ0n) is 6.07. The van der Waals surface area contributed by atoms with Gasteiger partial charge in [0.15, 0.2) is 0 Å². The Hall–Kier alpha value is 0.650. The molecule has 0 aromatic rings. The topological polar surface area (TPSA) is 15.3 Å². The summed E-state index contributed by atoms with van der Waals surface area (Å²) in [7, 11) is 0. The molecule has 0 amide bonds. The average Bonchev–Trinajstić information content (AvgIpc) is 2.46. The van der Waals surface area contributed by atoms with E-state index < -0.39 is 0 Å². The molecule has 0 radical (unpaired) electrons. The van der Waals surface area contributed by atoms with Gasteiger partial charge in [0.05, 0.1) is 0 Å². The van der Waals surface area contributed by atoms with Crippen molar-refractivity contribution < 1.29 is 0 Å². The second-order valence-corrected chi connectivity index (χ2v) is 4.35. The monoisotopic (exact) mass is 252 g/mol. The summed E-state index contributed by atoms with van der Waals surface area (Å²) in [6.07, 6.45) is 2.84. The Morgan fingerprint density at radius 3 is 2.50 bits per heavy atom.